The van der Waals surface area contributed by atoms with E-state index in [-0.39, 0.29) is 11.9 Å². The first-order valence-electron chi connectivity index (χ1n) is 9.41. The molecule has 1 amide bonds. The molecule has 0 saturated carbocycles. The molecule has 0 aromatic heterocycles. The van der Waals surface area contributed by atoms with E-state index >= 15 is 0 Å². The fraction of sp³-hybridized carbons (Fsp3) is 0.409. The topological polar surface area (TPSA) is 56.8 Å². The minimum atomic E-state index is -0.537. The van der Waals surface area contributed by atoms with Gasteiger partial charge in [0, 0.05) is 0 Å². The Balaban J connectivity index is 1.68. The lowest BCUT2D eigenvalue weighted by atomic mass is 10.1. The van der Waals surface area contributed by atoms with Crippen molar-refractivity contribution in [2.45, 2.75) is 46.3 Å². The van der Waals surface area contributed by atoms with Crippen LogP contribution in [0.2, 0.25) is 0 Å². The number of ether oxygens (including phenoxy) is 3. The van der Waals surface area contributed by atoms with Crippen LogP contribution >= 0.6 is 0 Å². The van der Waals surface area contributed by atoms with E-state index < -0.39 is 6.10 Å². The van der Waals surface area contributed by atoms with E-state index in [2.05, 4.69) is 5.32 Å². The molecule has 0 radical (unpaired) electrons. The number of fused-ring (bicyclic) bond motifs is 1. The zero-order chi connectivity index (χ0) is 19.4. The van der Waals surface area contributed by atoms with Gasteiger partial charge in [0.1, 0.15) is 19.0 Å². The fourth-order valence-electron chi connectivity index (χ4n) is 3.03. The van der Waals surface area contributed by atoms with Crippen molar-refractivity contribution in [2.24, 2.45) is 0 Å². The van der Waals surface area contributed by atoms with Crippen LogP contribution in [0.1, 0.15) is 43.0 Å². The molecule has 1 heterocycles. The van der Waals surface area contributed by atoms with Crippen LogP contribution in [-0.2, 0) is 4.79 Å². The van der Waals surface area contributed by atoms with E-state index in [1.54, 1.807) is 0 Å². The Hall–Kier alpha value is -2.69. The molecule has 0 spiro atoms. The second kappa shape index (κ2) is 8.33. The molecule has 0 fully saturated rings. The third-order valence-corrected chi connectivity index (χ3v) is 4.70. The summed E-state index contributed by atoms with van der Waals surface area (Å²) in [5, 5.41) is 3.05. The number of hydrogen-bond acceptors (Lipinski definition) is 4. The monoisotopic (exact) mass is 369 g/mol. The molecule has 0 unspecified atom stereocenters. The number of nitrogens with one attached hydrogen (secondary N) is 1. The van der Waals surface area contributed by atoms with Crippen LogP contribution in [0.4, 0.5) is 0 Å². The molecule has 144 valence electrons. The first-order valence-corrected chi connectivity index (χ1v) is 9.41. The molecule has 0 bridgehead atoms. The maximum absolute atomic E-state index is 12.8. The zero-order valence-corrected chi connectivity index (χ0v) is 16.4. The molecular formula is C22H27NO4. The summed E-state index contributed by atoms with van der Waals surface area (Å²) in [4.78, 5) is 12.8. The van der Waals surface area contributed by atoms with Gasteiger partial charge in [0.25, 0.3) is 5.91 Å². The van der Waals surface area contributed by atoms with E-state index in [1.807, 2.05) is 64.1 Å². The molecule has 2 aromatic rings. The van der Waals surface area contributed by atoms with Crippen molar-refractivity contribution in [3.05, 3.63) is 53.1 Å². The van der Waals surface area contributed by atoms with Gasteiger partial charge in [-0.3, -0.25) is 4.79 Å². The normalized spacial score (nSPS) is 15.0. The molecule has 1 N–H and O–H groups in total. The van der Waals surface area contributed by atoms with E-state index in [1.165, 1.54) is 0 Å². The smallest absolute Gasteiger partial charge is 0.261 e. The summed E-state index contributed by atoms with van der Waals surface area (Å²) < 4.78 is 17.2. The van der Waals surface area contributed by atoms with Gasteiger partial charge >= 0.3 is 0 Å². The van der Waals surface area contributed by atoms with E-state index in [0.717, 1.165) is 33.9 Å². The van der Waals surface area contributed by atoms with Gasteiger partial charge in [0.05, 0.1) is 6.04 Å². The van der Waals surface area contributed by atoms with Gasteiger partial charge in [0.2, 0.25) is 0 Å². The highest BCUT2D eigenvalue weighted by Crippen LogP contribution is 2.32. The summed E-state index contributed by atoms with van der Waals surface area (Å²) in [5.74, 6) is 2.09. The molecule has 5 heteroatoms. The molecular weight excluding hydrogens is 342 g/mol. The van der Waals surface area contributed by atoms with E-state index in [9.17, 15) is 4.79 Å². The maximum Gasteiger partial charge on any atom is 0.261 e. The van der Waals surface area contributed by atoms with E-state index in [4.69, 9.17) is 14.2 Å². The molecule has 2 aromatic carbocycles. The van der Waals surface area contributed by atoms with Crippen molar-refractivity contribution < 1.29 is 19.0 Å². The Morgan fingerprint density at radius 3 is 2.59 bits per heavy atom. The lowest BCUT2D eigenvalue weighted by molar-refractivity contribution is -0.128. The Bertz CT molecular complexity index is 818. The molecule has 1 aliphatic rings. The number of benzene rings is 2. The second-order valence-corrected chi connectivity index (χ2v) is 6.92. The molecule has 0 saturated heterocycles. The Kier molecular flexibility index (Phi) is 5.89. The number of aryl methyl sites for hydroxylation is 2. The zero-order valence-electron chi connectivity index (χ0n) is 16.4. The van der Waals surface area contributed by atoms with Crippen molar-refractivity contribution in [3.63, 3.8) is 0 Å². The predicted molar refractivity (Wildman–Crippen MR) is 105 cm³/mol. The van der Waals surface area contributed by atoms with Gasteiger partial charge in [-0.1, -0.05) is 25.1 Å². The molecule has 3 rings (SSSR count). The summed E-state index contributed by atoms with van der Waals surface area (Å²) >= 11 is 0. The number of carbonyl (C=O) groups excluding carboxylic acids is 1. The number of rotatable bonds is 6. The SMILES string of the molecule is CC[C@@H](Oc1cc(C)ccc1C)C(=O)N[C@H](C)c1ccc2c(c1)OCCO2. The van der Waals surface area contributed by atoms with Crippen LogP contribution in [-0.4, -0.2) is 25.2 Å². The lowest BCUT2D eigenvalue weighted by Gasteiger charge is -2.23. The number of amides is 1. The van der Waals surface area contributed by atoms with Gasteiger partial charge in [-0.05, 0) is 62.1 Å². The van der Waals surface area contributed by atoms with E-state index in [0.29, 0.717) is 19.6 Å². The highest BCUT2D eigenvalue weighted by atomic mass is 16.6. The predicted octanol–water partition coefficient (Wildman–Crippen LogP) is 4.11. The number of carbonyl (C=O) groups is 1. The summed E-state index contributed by atoms with van der Waals surface area (Å²) in [6.07, 6.45) is 0.0535. The third-order valence-electron chi connectivity index (χ3n) is 4.70. The molecule has 27 heavy (non-hydrogen) atoms. The van der Waals surface area contributed by atoms with Crippen LogP contribution < -0.4 is 19.5 Å². The Labute approximate surface area is 160 Å². The Morgan fingerprint density at radius 2 is 1.85 bits per heavy atom. The molecule has 2 atom stereocenters. The van der Waals surface area contributed by atoms with Gasteiger partial charge < -0.3 is 19.5 Å². The largest absolute Gasteiger partial charge is 0.486 e. The third kappa shape index (κ3) is 4.54. The summed E-state index contributed by atoms with van der Waals surface area (Å²) in [6.45, 7) is 9.00. The highest BCUT2D eigenvalue weighted by molar-refractivity contribution is 5.81. The highest BCUT2D eigenvalue weighted by Gasteiger charge is 2.22. The van der Waals surface area contributed by atoms with Crippen LogP contribution in [0.5, 0.6) is 17.2 Å². The van der Waals surface area contributed by atoms with Crippen molar-refractivity contribution in [2.75, 3.05) is 13.2 Å². The first kappa shape index (κ1) is 19.1. The average Bonchev–Trinajstić information content (AvgIpc) is 2.68. The summed E-state index contributed by atoms with van der Waals surface area (Å²) in [7, 11) is 0. The molecule has 5 nitrogen and oxygen atoms in total. The van der Waals surface area contributed by atoms with Crippen LogP contribution in [0, 0.1) is 13.8 Å². The summed E-state index contributed by atoms with van der Waals surface area (Å²) in [6, 6.07) is 11.6. The van der Waals surface area contributed by atoms with Gasteiger partial charge in [0.15, 0.2) is 17.6 Å². The second-order valence-electron chi connectivity index (χ2n) is 6.92. The maximum atomic E-state index is 12.8. The standard InChI is InChI=1S/C22H27NO4/c1-5-18(27-20-12-14(2)6-7-15(20)3)22(24)23-16(4)17-8-9-19-21(13-17)26-11-10-25-19/h6-9,12-13,16,18H,5,10-11H2,1-4H3,(H,23,24)/t16-,18-/m1/s1. The van der Waals surface area contributed by atoms with Crippen molar-refractivity contribution >= 4 is 5.91 Å². The van der Waals surface area contributed by atoms with Crippen molar-refractivity contribution in [3.8, 4) is 17.2 Å². The lowest BCUT2D eigenvalue weighted by Crippen LogP contribution is -2.39. The van der Waals surface area contributed by atoms with Gasteiger partial charge in [-0.15, -0.1) is 0 Å². The molecule has 1 aliphatic heterocycles. The van der Waals surface area contributed by atoms with Crippen LogP contribution in [0.3, 0.4) is 0 Å². The fourth-order valence-corrected chi connectivity index (χ4v) is 3.03. The van der Waals surface area contributed by atoms with Crippen molar-refractivity contribution in [1.29, 1.82) is 0 Å². The van der Waals surface area contributed by atoms with Crippen LogP contribution in [0.25, 0.3) is 0 Å². The Morgan fingerprint density at radius 1 is 1.11 bits per heavy atom. The minimum Gasteiger partial charge on any atom is -0.486 e. The quantitative estimate of drug-likeness (QED) is 0.833. The number of hydrogen-bond donors (Lipinski definition) is 1. The minimum absolute atomic E-state index is 0.124. The molecule has 0 aliphatic carbocycles. The average molecular weight is 369 g/mol. The van der Waals surface area contributed by atoms with Gasteiger partial charge in [-0.2, -0.15) is 0 Å². The van der Waals surface area contributed by atoms with Gasteiger partial charge in [-0.25, -0.2) is 0 Å². The summed E-state index contributed by atoms with van der Waals surface area (Å²) in [5.41, 5.74) is 3.09. The van der Waals surface area contributed by atoms with Crippen molar-refractivity contribution in [1.82, 2.24) is 5.32 Å². The van der Waals surface area contributed by atoms with Crippen LogP contribution in [0.15, 0.2) is 36.4 Å². The first-order chi connectivity index (χ1) is 13.0.